The summed E-state index contributed by atoms with van der Waals surface area (Å²) in [6.07, 6.45) is 1.90. The topological polar surface area (TPSA) is 12.4 Å². The molecule has 17 heavy (non-hydrogen) atoms. The lowest BCUT2D eigenvalue weighted by Crippen LogP contribution is -1.84. The smallest absolute Gasteiger partial charge is 0.0639 e. The normalized spacial score (nSPS) is 10.2. The molecule has 0 bridgehead atoms. The molecular weight excluding hydrogens is 298 g/mol. The van der Waals surface area contributed by atoms with Gasteiger partial charge < -0.3 is 0 Å². The summed E-state index contributed by atoms with van der Waals surface area (Å²) >= 11 is 3.44. The Morgan fingerprint density at radius 2 is 1.76 bits per heavy atom. The maximum atomic E-state index is 4.41. The van der Waals surface area contributed by atoms with Gasteiger partial charge in [0.2, 0.25) is 0 Å². The van der Waals surface area contributed by atoms with E-state index in [4.69, 9.17) is 0 Å². The van der Waals surface area contributed by atoms with Gasteiger partial charge in [-0.1, -0.05) is 58.4 Å². The van der Waals surface area contributed by atoms with Gasteiger partial charge in [0.05, 0.1) is 6.54 Å². The van der Waals surface area contributed by atoms with Crippen molar-refractivity contribution in [1.82, 2.24) is 0 Å². The minimum atomic E-state index is 0. The van der Waals surface area contributed by atoms with Crippen LogP contribution < -0.4 is 0 Å². The van der Waals surface area contributed by atoms with E-state index in [1.165, 1.54) is 5.56 Å². The Morgan fingerprint density at radius 3 is 2.47 bits per heavy atom. The summed E-state index contributed by atoms with van der Waals surface area (Å²) in [5.41, 5.74) is 2.35. The average molecular weight is 311 g/mol. The van der Waals surface area contributed by atoms with Crippen LogP contribution in [0, 0.1) is 0 Å². The number of hydrogen-bond acceptors (Lipinski definition) is 1. The third-order valence-electron chi connectivity index (χ3n) is 2.21. The van der Waals surface area contributed by atoms with Crippen LogP contribution in [0.4, 0.5) is 0 Å². The van der Waals surface area contributed by atoms with Crippen LogP contribution in [0.25, 0.3) is 0 Å². The molecule has 0 unspecified atom stereocenters. The van der Waals surface area contributed by atoms with Gasteiger partial charge in [-0.3, -0.25) is 4.99 Å². The molecule has 0 radical (unpaired) electrons. The minimum Gasteiger partial charge on any atom is -0.288 e. The molecule has 0 aromatic heterocycles. The Labute approximate surface area is 116 Å². The zero-order valence-electron chi connectivity index (χ0n) is 9.21. The van der Waals surface area contributed by atoms with Crippen molar-refractivity contribution >= 4 is 34.6 Å². The molecule has 0 aliphatic rings. The van der Waals surface area contributed by atoms with Crippen LogP contribution in [0.15, 0.2) is 64.1 Å². The quantitative estimate of drug-likeness (QED) is 0.741. The number of aliphatic imine (C=N–C) groups is 1. The number of halogens is 2. The average Bonchev–Trinajstić information content (AvgIpc) is 2.30. The summed E-state index contributed by atoms with van der Waals surface area (Å²) in [6.45, 7) is 0.730. The molecule has 0 atom stereocenters. The zero-order chi connectivity index (χ0) is 11.2. The number of nitrogens with zero attached hydrogens (tertiary/aromatic N) is 1. The molecule has 3 heteroatoms. The van der Waals surface area contributed by atoms with Crippen molar-refractivity contribution in [3.63, 3.8) is 0 Å². The first kappa shape index (κ1) is 13.9. The molecule has 0 saturated heterocycles. The Bertz CT molecular complexity index is 483. The molecule has 2 rings (SSSR count). The number of benzene rings is 2. The minimum absolute atomic E-state index is 0. The number of rotatable bonds is 3. The summed E-state index contributed by atoms with van der Waals surface area (Å²) in [4.78, 5) is 4.41. The van der Waals surface area contributed by atoms with E-state index in [9.17, 15) is 0 Å². The molecule has 1 nitrogen and oxygen atoms in total. The molecule has 2 aromatic carbocycles. The highest BCUT2D eigenvalue weighted by Gasteiger charge is 1.90. The molecule has 2 aromatic rings. The Hall–Kier alpha value is -1.12. The van der Waals surface area contributed by atoms with Crippen LogP contribution >= 0.6 is 28.3 Å². The van der Waals surface area contributed by atoms with Gasteiger partial charge in [0.25, 0.3) is 0 Å². The second-order valence-electron chi connectivity index (χ2n) is 3.51. The largest absolute Gasteiger partial charge is 0.288 e. The fourth-order valence-corrected chi connectivity index (χ4v) is 1.84. The molecule has 0 aliphatic heterocycles. The van der Waals surface area contributed by atoms with E-state index in [1.807, 2.05) is 42.6 Å². The monoisotopic (exact) mass is 309 g/mol. The number of hydrogen-bond donors (Lipinski definition) is 0. The van der Waals surface area contributed by atoms with E-state index < -0.39 is 0 Å². The van der Waals surface area contributed by atoms with E-state index in [1.54, 1.807) is 0 Å². The lowest BCUT2D eigenvalue weighted by atomic mass is 10.2. The predicted octanol–water partition coefficient (Wildman–Crippen LogP) is 4.49. The van der Waals surface area contributed by atoms with Crippen LogP contribution in [0.2, 0.25) is 0 Å². The SMILES string of the molecule is Brc1cccc(C=NCc2ccccc2)c1.Cl. The molecule has 0 fully saturated rings. The van der Waals surface area contributed by atoms with Gasteiger partial charge in [-0.15, -0.1) is 12.4 Å². The molecule has 0 saturated carbocycles. The predicted molar refractivity (Wildman–Crippen MR) is 79.1 cm³/mol. The van der Waals surface area contributed by atoms with Crippen LogP contribution in [-0.2, 0) is 6.54 Å². The second-order valence-corrected chi connectivity index (χ2v) is 4.43. The molecule has 0 amide bonds. The third-order valence-corrected chi connectivity index (χ3v) is 2.70. The molecule has 0 aliphatic carbocycles. The summed E-state index contributed by atoms with van der Waals surface area (Å²) < 4.78 is 1.08. The lowest BCUT2D eigenvalue weighted by Gasteiger charge is -1.96. The summed E-state index contributed by atoms with van der Waals surface area (Å²) in [5, 5.41) is 0. The van der Waals surface area contributed by atoms with Crippen LogP contribution in [-0.4, -0.2) is 6.21 Å². The highest BCUT2D eigenvalue weighted by Crippen LogP contribution is 2.10. The van der Waals surface area contributed by atoms with E-state index in [0.717, 1.165) is 16.6 Å². The first-order chi connectivity index (χ1) is 7.84. The zero-order valence-corrected chi connectivity index (χ0v) is 11.6. The Morgan fingerprint density at radius 1 is 1.00 bits per heavy atom. The highest BCUT2D eigenvalue weighted by molar-refractivity contribution is 9.10. The molecule has 0 N–H and O–H groups in total. The fraction of sp³-hybridized carbons (Fsp3) is 0.0714. The van der Waals surface area contributed by atoms with Crippen molar-refractivity contribution < 1.29 is 0 Å². The van der Waals surface area contributed by atoms with Crippen molar-refractivity contribution in [1.29, 1.82) is 0 Å². The van der Waals surface area contributed by atoms with E-state index in [-0.39, 0.29) is 12.4 Å². The van der Waals surface area contributed by atoms with Gasteiger partial charge in [-0.05, 0) is 23.3 Å². The van der Waals surface area contributed by atoms with Crippen molar-refractivity contribution in [3.8, 4) is 0 Å². The van der Waals surface area contributed by atoms with Gasteiger partial charge in [0.1, 0.15) is 0 Å². The maximum absolute atomic E-state index is 4.41. The maximum Gasteiger partial charge on any atom is 0.0639 e. The van der Waals surface area contributed by atoms with Crippen LogP contribution in [0.5, 0.6) is 0 Å². The van der Waals surface area contributed by atoms with E-state index in [2.05, 4.69) is 39.1 Å². The van der Waals surface area contributed by atoms with Crippen molar-refractivity contribution in [3.05, 3.63) is 70.2 Å². The fourth-order valence-electron chi connectivity index (χ4n) is 1.43. The van der Waals surface area contributed by atoms with Crippen molar-refractivity contribution in [2.24, 2.45) is 4.99 Å². The van der Waals surface area contributed by atoms with Crippen LogP contribution in [0.1, 0.15) is 11.1 Å². The summed E-state index contributed by atoms with van der Waals surface area (Å²) in [7, 11) is 0. The Balaban J connectivity index is 0.00000144. The first-order valence-corrected chi connectivity index (χ1v) is 5.93. The lowest BCUT2D eigenvalue weighted by molar-refractivity contribution is 1.08. The second kappa shape index (κ2) is 7.25. The van der Waals surface area contributed by atoms with E-state index >= 15 is 0 Å². The molecule has 0 heterocycles. The highest BCUT2D eigenvalue weighted by atomic mass is 79.9. The van der Waals surface area contributed by atoms with Gasteiger partial charge >= 0.3 is 0 Å². The third kappa shape index (κ3) is 4.72. The van der Waals surface area contributed by atoms with Crippen molar-refractivity contribution in [2.45, 2.75) is 6.54 Å². The van der Waals surface area contributed by atoms with E-state index in [0.29, 0.717) is 0 Å². The van der Waals surface area contributed by atoms with Gasteiger partial charge in [-0.25, -0.2) is 0 Å². The van der Waals surface area contributed by atoms with Gasteiger partial charge in [0, 0.05) is 10.7 Å². The van der Waals surface area contributed by atoms with Gasteiger partial charge in [-0.2, -0.15) is 0 Å². The molecule has 0 spiro atoms. The standard InChI is InChI=1S/C14H12BrN.ClH/c15-14-8-4-7-13(9-14)11-16-10-12-5-2-1-3-6-12;/h1-9,11H,10H2;1H. The molecular formula is C14H13BrClN. The summed E-state index contributed by atoms with van der Waals surface area (Å²) in [6, 6.07) is 18.3. The molecule has 88 valence electrons. The summed E-state index contributed by atoms with van der Waals surface area (Å²) in [5.74, 6) is 0. The van der Waals surface area contributed by atoms with Gasteiger partial charge in [0.15, 0.2) is 0 Å². The Kier molecular flexibility index (Phi) is 5.95. The van der Waals surface area contributed by atoms with Crippen molar-refractivity contribution in [2.75, 3.05) is 0 Å². The van der Waals surface area contributed by atoms with Crippen LogP contribution in [0.3, 0.4) is 0 Å². The first-order valence-electron chi connectivity index (χ1n) is 5.14.